The summed E-state index contributed by atoms with van der Waals surface area (Å²) in [5.74, 6) is 5.07. The molecule has 0 unspecified atom stereocenters. The molecule has 7 aromatic carbocycles. The summed E-state index contributed by atoms with van der Waals surface area (Å²) < 4.78 is 29.8. The van der Waals surface area contributed by atoms with E-state index >= 15 is 0 Å². The van der Waals surface area contributed by atoms with Crippen molar-refractivity contribution >= 4 is 86.0 Å². The van der Waals surface area contributed by atoms with Crippen LogP contribution in [0.2, 0.25) is 0 Å². The SMILES string of the molecule is c1cc2c3c(c1)-c1cccc4ccn(c14)B3c1c(c3c(c4c1Oc1cccc5c1B4n1ccc4cccc-5c41)Oc1cccc4c1B3n1ccc3cccc-4c31)O2. The maximum atomic E-state index is 7.45. The number of aromatic nitrogens is 3. The van der Waals surface area contributed by atoms with Crippen LogP contribution in [-0.4, -0.2) is 34.0 Å². The second-order valence-electron chi connectivity index (χ2n) is 16.3. The van der Waals surface area contributed by atoms with Crippen LogP contribution in [0.25, 0.3) is 66.1 Å². The first kappa shape index (κ1) is 28.2. The van der Waals surface area contributed by atoms with Crippen LogP contribution < -0.4 is 47.0 Å². The zero-order chi connectivity index (χ0) is 36.4. The maximum absolute atomic E-state index is 7.45. The third-order valence-electron chi connectivity index (χ3n) is 13.9. The van der Waals surface area contributed by atoms with Gasteiger partial charge in [-0.1, -0.05) is 91.0 Å². The molecule has 3 aromatic heterocycles. The van der Waals surface area contributed by atoms with Gasteiger partial charge in [0.1, 0.15) is 34.5 Å². The fourth-order valence-corrected chi connectivity index (χ4v) is 11.8. The summed E-state index contributed by atoms with van der Waals surface area (Å²) in [6.07, 6.45) is 6.78. The molecule has 6 aliphatic rings. The average Bonchev–Trinajstić information content (AvgIpc) is 4.01. The van der Waals surface area contributed by atoms with Crippen molar-refractivity contribution in [2.45, 2.75) is 0 Å². The number of rotatable bonds is 0. The van der Waals surface area contributed by atoms with Crippen LogP contribution in [0.4, 0.5) is 0 Å². The molecule has 258 valence electrons. The van der Waals surface area contributed by atoms with E-state index < -0.39 is 0 Å². The van der Waals surface area contributed by atoms with Crippen molar-refractivity contribution in [2.24, 2.45) is 0 Å². The molecule has 0 saturated carbocycles. The Morgan fingerprint density at radius 2 is 0.596 bits per heavy atom. The molecule has 10 aromatic rings. The third-order valence-corrected chi connectivity index (χ3v) is 13.9. The van der Waals surface area contributed by atoms with Gasteiger partial charge in [0.2, 0.25) is 0 Å². The van der Waals surface area contributed by atoms with E-state index in [9.17, 15) is 0 Å². The van der Waals surface area contributed by atoms with Crippen LogP contribution in [-0.2, 0) is 0 Å². The minimum atomic E-state index is -0.200. The lowest BCUT2D eigenvalue weighted by molar-refractivity contribution is 0.451. The zero-order valence-corrected chi connectivity index (χ0v) is 30.2. The molecule has 0 atom stereocenters. The van der Waals surface area contributed by atoms with Crippen LogP contribution in [0.5, 0.6) is 34.5 Å². The molecule has 0 radical (unpaired) electrons. The number of hydrogen-bond donors (Lipinski definition) is 0. The number of para-hydroxylation sites is 3. The van der Waals surface area contributed by atoms with Crippen LogP contribution in [0, 0.1) is 0 Å². The van der Waals surface area contributed by atoms with E-state index in [0.717, 1.165) is 50.9 Å². The highest BCUT2D eigenvalue weighted by molar-refractivity contribution is 6.96. The summed E-state index contributed by atoms with van der Waals surface area (Å²) in [4.78, 5) is 0. The first-order valence-corrected chi connectivity index (χ1v) is 19.8. The lowest BCUT2D eigenvalue weighted by atomic mass is 9.38. The zero-order valence-electron chi connectivity index (χ0n) is 30.2. The standard InChI is InChI=1S/C48H24B3N3O3/c1-7-25-19-22-52-43(25)31(13-1)28-10-4-16-34-37(28)49(52)40-46(55-34)41-48(57-36-18-6-12-30-33-15-2-8-26-20-23-53(44(26)33)50(41)39(30)36)42-47(40)56-35-17-5-11-29-32-14-3-9-27-21-24-54(45(27)32)51(42)38(29)35/h1-24H. The summed E-state index contributed by atoms with van der Waals surface area (Å²) in [5.41, 5.74) is 17.6. The van der Waals surface area contributed by atoms with Crippen molar-refractivity contribution in [1.82, 2.24) is 13.4 Å². The topological polar surface area (TPSA) is 42.5 Å². The highest BCUT2D eigenvalue weighted by Crippen LogP contribution is 2.47. The predicted octanol–water partition coefficient (Wildman–Crippen LogP) is 6.77. The van der Waals surface area contributed by atoms with Gasteiger partial charge in [0, 0.05) is 66.0 Å². The van der Waals surface area contributed by atoms with Crippen molar-refractivity contribution in [3.05, 3.63) is 146 Å². The third kappa shape index (κ3) is 3.02. The molecule has 16 rings (SSSR count). The Balaban J connectivity index is 1.11. The molecule has 0 amide bonds. The van der Waals surface area contributed by atoms with Crippen molar-refractivity contribution < 1.29 is 14.2 Å². The molecule has 6 nitrogen and oxygen atoms in total. The van der Waals surface area contributed by atoms with E-state index in [-0.39, 0.29) is 20.5 Å². The number of hydrogen-bond acceptors (Lipinski definition) is 3. The Bertz CT molecular complexity index is 3220. The summed E-state index contributed by atoms with van der Waals surface area (Å²) in [6, 6.07) is 46.3. The Kier molecular flexibility index (Phi) is 4.57. The number of fused-ring (bicyclic) bond motifs is 15. The molecular weight excluding hydrogens is 699 g/mol. The molecule has 6 aliphatic heterocycles. The van der Waals surface area contributed by atoms with Crippen molar-refractivity contribution in [3.63, 3.8) is 0 Å². The Labute approximate surface area is 326 Å². The highest BCUT2D eigenvalue weighted by Gasteiger charge is 2.54. The fourth-order valence-electron chi connectivity index (χ4n) is 11.8. The second-order valence-corrected chi connectivity index (χ2v) is 16.3. The summed E-state index contributed by atoms with van der Waals surface area (Å²) in [7, 11) is 0. The van der Waals surface area contributed by atoms with Crippen LogP contribution in [0.3, 0.4) is 0 Å². The summed E-state index contributed by atoms with van der Waals surface area (Å²) in [5, 5.41) is 3.66. The molecule has 9 heterocycles. The van der Waals surface area contributed by atoms with Gasteiger partial charge in [-0.05, 0) is 87.8 Å². The molecule has 0 bridgehead atoms. The monoisotopic (exact) mass is 723 g/mol. The summed E-state index contributed by atoms with van der Waals surface area (Å²) in [6.45, 7) is -0.600. The smallest absolute Gasteiger partial charge is 0.340 e. The number of nitrogens with zero attached hydrogens (tertiary/aromatic N) is 3. The first-order valence-electron chi connectivity index (χ1n) is 19.8. The van der Waals surface area contributed by atoms with Gasteiger partial charge in [-0.15, -0.1) is 0 Å². The summed E-state index contributed by atoms with van der Waals surface area (Å²) >= 11 is 0. The van der Waals surface area contributed by atoms with Crippen LogP contribution >= 0.6 is 0 Å². The van der Waals surface area contributed by atoms with Crippen LogP contribution in [0.1, 0.15) is 0 Å². The minimum absolute atomic E-state index is 0.200. The molecule has 0 fully saturated rings. The van der Waals surface area contributed by atoms with Gasteiger partial charge in [0.25, 0.3) is 0 Å². The maximum Gasteiger partial charge on any atom is 0.340 e. The normalized spacial score (nSPS) is 14.6. The lowest BCUT2D eigenvalue weighted by Gasteiger charge is -2.42. The lowest BCUT2D eigenvalue weighted by Crippen LogP contribution is -2.65. The van der Waals surface area contributed by atoms with Gasteiger partial charge in [-0.2, -0.15) is 0 Å². The Morgan fingerprint density at radius 1 is 0.298 bits per heavy atom. The predicted molar refractivity (Wildman–Crippen MR) is 230 cm³/mol. The van der Waals surface area contributed by atoms with Gasteiger partial charge in [-0.25, -0.2) is 0 Å². The minimum Gasteiger partial charge on any atom is -0.458 e. The van der Waals surface area contributed by atoms with Gasteiger partial charge in [0.05, 0.1) is 0 Å². The van der Waals surface area contributed by atoms with Crippen molar-refractivity contribution in [1.29, 1.82) is 0 Å². The molecule has 9 heteroatoms. The van der Waals surface area contributed by atoms with Crippen molar-refractivity contribution in [2.75, 3.05) is 0 Å². The molecule has 0 saturated heterocycles. The Hall–Kier alpha value is -7.25. The van der Waals surface area contributed by atoms with E-state index in [1.807, 2.05) is 0 Å². The van der Waals surface area contributed by atoms with E-state index in [1.165, 1.54) is 82.5 Å². The van der Waals surface area contributed by atoms with Gasteiger partial charge in [-0.3, -0.25) is 0 Å². The van der Waals surface area contributed by atoms with E-state index in [2.05, 4.69) is 159 Å². The number of benzene rings is 7. The fraction of sp³-hybridized carbons (Fsp3) is 0. The largest absolute Gasteiger partial charge is 0.458 e. The van der Waals surface area contributed by atoms with Crippen molar-refractivity contribution in [3.8, 4) is 67.9 Å². The van der Waals surface area contributed by atoms with Gasteiger partial charge in [0.15, 0.2) is 0 Å². The highest BCUT2D eigenvalue weighted by atomic mass is 16.5. The van der Waals surface area contributed by atoms with Crippen LogP contribution in [0.15, 0.2) is 146 Å². The van der Waals surface area contributed by atoms with Gasteiger partial charge < -0.3 is 27.6 Å². The van der Waals surface area contributed by atoms with E-state index in [4.69, 9.17) is 14.2 Å². The number of ether oxygens (including phenoxy) is 3. The van der Waals surface area contributed by atoms with E-state index in [0.29, 0.717) is 0 Å². The molecular formula is C48H24B3N3O3. The molecule has 57 heavy (non-hydrogen) atoms. The molecule has 0 spiro atoms. The Morgan fingerprint density at radius 3 is 0.930 bits per heavy atom. The molecule has 0 N–H and O–H groups in total. The molecule has 0 aliphatic carbocycles. The van der Waals surface area contributed by atoms with Gasteiger partial charge >= 0.3 is 20.5 Å². The second kappa shape index (κ2) is 9.23. The average molecular weight is 723 g/mol. The first-order chi connectivity index (χ1) is 28.3. The quantitative estimate of drug-likeness (QED) is 0.162. The van der Waals surface area contributed by atoms with E-state index in [1.54, 1.807) is 0 Å².